The topological polar surface area (TPSA) is 80.6 Å². The van der Waals surface area contributed by atoms with Crippen molar-refractivity contribution in [2.45, 2.75) is 32.9 Å². The zero-order valence-corrected chi connectivity index (χ0v) is 18.5. The molecule has 1 aliphatic heterocycles. The molecule has 0 bridgehead atoms. The molecule has 8 heteroatoms. The number of nitrogens with one attached hydrogen (secondary N) is 1. The Morgan fingerprint density at radius 3 is 2.94 bits per heavy atom. The first-order valence-corrected chi connectivity index (χ1v) is 11.0. The van der Waals surface area contributed by atoms with E-state index in [4.69, 9.17) is 14.5 Å². The van der Waals surface area contributed by atoms with Gasteiger partial charge in [0.15, 0.2) is 5.65 Å². The maximum absolute atomic E-state index is 6.03. The second-order valence-corrected chi connectivity index (χ2v) is 8.27. The van der Waals surface area contributed by atoms with Crippen molar-refractivity contribution in [1.29, 1.82) is 0 Å². The highest BCUT2D eigenvalue weighted by molar-refractivity contribution is 5.47. The predicted molar refractivity (Wildman–Crippen MR) is 121 cm³/mol. The van der Waals surface area contributed by atoms with Crippen molar-refractivity contribution in [3.05, 3.63) is 77.0 Å². The van der Waals surface area contributed by atoms with E-state index >= 15 is 0 Å². The molecule has 8 nitrogen and oxygen atoms in total. The van der Waals surface area contributed by atoms with Crippen molar-refractivity contribution in [3.8, 4) is 5.75 Å². The molecule has 4 heterocycles. The summed E-state index contributed by atoms with van der Waals surface area (Å²) in [5.41, 5.74) is 6.17. The van der Waals surface area contributed by atoms with Gasteiger partial charge in [-0.05, 0) is 38.1 Å². The van der Waals surface area contributed by atoms with Crippen LogP contribution in [0.1, 0.15) is 34.4 Å². The number of hydrogen-bond donors (Lipinski definition) is 1. The van der Waals surface area contributed by atoms with E-state index in [0.29, 0.717) is 13.2 Å². The van der Waals surface area contributed by atoms with Gasteiger partial charge in [-0.25, -0.2) is 9.50 Å². The predicted octanol–water partition coefficient (Wildman–Crippen LogP) is 3.26. The molecule has 0 saturated carbocycles. The van der Waals surface area contributed by atoms with E-state index in [2.05, 4.69) is 39.3 Å². The van der Waals surface area contributed by atoms with E-state index in [9.17, 15) is 0 Å². The van der Waals surface area contributed by atoms with Crippen LogP contribution in [0.2, 0.25) is 0 Å². The fourth-order valence-corrected chi connectivity index (χ4v) is 4.16. The van der Waals surface area contributed by atoms with Crippen molar-refractivity contribution in [2.24, 2.45) is 0 Å². The van der Waals surface area contributed by atoms with Gasteiger partial charge < -0.3 is 9.47 Å². The lowest BCUT2D eigenvalue weighted by molar-refractivity contribution is -0.0349. The number of aromatic amines is 1. The number of hydrogen-bond acceptors (Lipinski definition) is 6. The Labute approximate surface area is 187 Å². The van der Waals surface area contributed by atoms with Gasteiger partial charge in [0.05, 0.1) is 25.1 Å². The number of ether oxygens (including phenoxy) is 2. The second-order valence-electron chi connectivity index (χ2n) is 8.27. The third-order valence-electron chi connectivity index (χ3n) is 5.76. The molecule has 0 unspecified atom stereocenters. The lowest BCUT2D eigenvalue weighted by Gasteiger charge is -2.31. The van der Waals surface area contributed by atoms with Crippen molar-refractivity contribution in [3.63, 3.8) is 0 Å². The molecule has 1 aliphatic rings. The van der Waals surface area contributed by atoms with Crippen molar-refractivity contribution < 1.29 is 9.47 Å². The average Bonchev–Trinajstić information content (AvgIpc) is 3.43. The van der Waals surface area contributed by atoms with Crippen molar-refractivity contribution >= 4 is 5.65 Å². The Hall–Kier alpha value is -3.23. The molecule has 0 amide bonds. The first kappa shape index (κ1) is 20.7. The van der Waals surface area contributed by atoms with Gasteiger partial charge in [0, 0.05) is 48.7 Å². The Bertz CT molecular complexity index is 1190. The molecular formula is C24H28N6O2. The molecule has 1 N–H and O–H groups in total. The number of morpholine rings is 1. The maximum Gasteiger partial charge on any atom is 0.159 e. The highest BCUT2D eigenvalue weighted by Gasteiger charge is 2.25. The smallest absolute Gasteiger partial charge is 0.159 e. The molecular weight excluding hydrogens is 404 g/mol. The van der Waals surface area contributed by atoms with E-state index < -0.39 is 0 Å². The van der Waals surface area contributed by atoms with Gasteiger partial charge in [-0.1, -0.05) is 18.2 Å². The Morgan fingerprint density at radius 1 is 1.19 bits per heavy atom. The summed E-state index contributed by atoms with van der Waals surface area (Å²) in [7, 11) is 0. The quantitative estimate of drug-likeness (QED) is 0.483. The van der Waals surface area contributed by atoms with E-state index in [-0.39, 0.29) is 6.10 Å². The third-order valence-corrected chi connectivity index (χ3v) is 5.76. The maximum atomic E-state index is 6.03. The Morgan fingerprint density at radius 2 is 2.06 bits per heavy atom. The van der Waals surface area contributed by atoms with Crippen LogP contribution in [-0.2, 0) is 17.7 Å². The Balaban J connectivity index is 1.20. The standard InChI is InChI=1S/C24H28N6O2/c1-17-12-18(2)30-24(26-17)19(14-25-30)15-29-9-11-32-23(16-29)22-13-20(27-28-22)8-10-31-21-6-4-3-5-7-21/h3-7,12-14,23H,8-11,15-16H2,1-2H3,(H,27,28)/t23-/m1/s1. The number of rotatable bonds is 7. The van der Waals surface area contributed by atoms with Crippen LogP contribution in [0.15, 0.2) is 48.7 Å². The van der Waals surface area contributed by atoms with Gasteiger partial charge in [0.25, 0.3) is 0 Å². The first-order chi connectivity index (χ1) is 15.7. The number of H-pyrrole nitrogens is 1. The van der Waals surface area contributed by atoms with Crippen molar-refractivity contribution in [1.82, 2.24) is 29.7 Å². The molecule has 0 aliphatic carbocycles. The largest absolute Gasteiger partial charge is 0.493 e. The number of benzene rings is 1. The first-order valence-electron chi connectivity index (χ1n) is 11.0. The fraction of sp³-hybridized carbons (Fsp3) is 0.375. The summed E-state index contributed by atoms with van der Waals surface area (Å²) in [4.78, 5) is 7.09. The van der Waals surface area contributed by atoms with E-state index in [0.717, 1.165) is 65.8 Å². The molecule has 1 saturated heterocycles. The highest BCUT2D eigenvalue weighted by atomic mass is 16.5. The monoisotopic (exact) mass is 432 g/mol. The molecule has 0 spiro atoms. The molecule has 3 aromatic heterocycles. The minimum absolute atomic E-state index is 0.0536. The minimum atomic E-state index is -0.0536. The van der Waals surface area contributed by atoms with Crippen molar-refractivity contribution in [2.75, 3.05) is 26.3 Å². The lowest BCUT2D eigenvalue weighted by Crippen LogP contribution is -2.38. The highest BCUT2D eigenvalue weighted by Crippen LogP contribution is 2.23. The zero-order valence-electron chi connectivity index (χ0n) is 18.5. The number of aryl methyl sites for hydroxylation is 2. The van der Waals surface area contributed by atoms with Crippen LogP contribution in [0.4, 0.5) is 0 Å². The summed E-state index contributed by atoms with van der Waals surface area (Å²) in [5.74, 6) is 0.881. The lowest BCUT2D eigenvalue weighted by atomic mass is 10.1. The van der Waals surface area contributed by atoms with Gasteiger partial charge in [-0.3, -0.25) is 10.00 Å². The van der Waals surface area contributed by atoms with Crippen LogP contribution in [0, 0.1) is 13.8 Å². The summed E-state index contributed by atoms with van der Waals surface area (Å²) < 4.78 is 13.7. The third kappa shape index (κ3) is 4.51. The summed E-state index contributed by atoms with van der Waals surface area (Å²) in [5, 5.41) is 12.2. The van der Waals surface area contributed by atoms with Gasteiger partial charge >= 0.3 is 0 Å². The SMILES string of the molecule is Cc1cc(C)n2ncc(CN3CCO[C@@H](c4cc(CCOc5ccccc5)[nH]n4)C3)c2n1. The summed E-state index contributed by atoms with van der Waals surface area (Å²) in [6.07, 6.45) is 2.64. The zero-order chi connectivity index (χ0) is 21.9. The molecule has 5 rings (SSSR count). The van der Waals surface area contributed by atoms with E-state index in [1.807, 2.05) is 48.0 Å². The summed E-state index contributed by atoms with van der Waals surface area (Å²) in [6.45, 7) is 7.81. The van der Waals surface area contributed by atoms with Crippen LogP contribution in [0.3, 0.4) is 0 Å². The number of fused-ring (bicyclic) bond motifs is 1. The molecule has 4 aromatic rings. The molecule has 1 atom stereocenters. The van der Waals surface area contributed by atoms with E-state index in [1.165, 1.54) is 0 Å². The van der Waals surface area contributed by atoms with Gasteiger partial charge in [0.2, 0.25) is 0 Å². The van der Waals surface area contributed by atoms with Gasteiger partial charge in [-0.2, -0.15) is 10.2 Å². The normalized spacial score (nSPS) is 17.1. The number of aromatic nitrogens is 5. The number of nitrogens with zero attached hydrogens (tertiary/aromatic N) is 5. The van der Waals surface area contributed by atoms with Crippen LogP contribution < -0.4 is 4.74 Å². The van der Waals surface area contributed by atoms with Crippen LogP contribution in [0.25, 0.3) is 5.65 Å². The molecule has 166 valence electrons. The van der Waals surface area contributed by atoms with Gasteiger partial charge in [0.1, 0.15) is 11.9 Å². The number of para-hydroxylation sites is 1. The van der Waals surface area contributed by atoms with Crippen LogP contribution in [-0.4, -0.2) is 56.0 Å². The molecule has 0 radical (unpaired) electrons. The van der Waals surface area contributed by atoms with Crippen LogP contribution >= 0.6 is 0 Å². The van der Waals surface area contributed by atoms with Crippen LogP contribution in [0.5, 0.6) is 5.75 Å². The summed E-state index contributed by atoms with van der Waals surface area (Å²) in [6, 6.07) is 14.0. The van der Waals surface area contributed by atoms with E-state index in [1.54, 1.807) is 0 Å². The molecule has 32 heavy (non-hydrogen) atoms. The minimum Gasteiger partial charge on any atom is -0.493 e. The summed E-state index contributed by atoms with van der Waals surface area (Å²) >= 11 is 0. The fourth-order valence-electron chi connectivity index (χ4n) is 4.16. The second kappa shape index (κ2) is 9.10. The average molecular weight is 433 g/mol. The molecule has 1 aromatic carbocycles. The Kier molecular flexibility index (Phi) is 5.87. The van der Waals surface area contributed by atoms with Gasteiger partial charge in [-0.15, -0.1) is 0 Å². The molecule has 1 fully saturated rings.